The molecular weight excluding hydrogens is 312 g/mol. The van der Waals surface area contributed by atoms with E-state index < -0.39 is 17.9 Å². The highest BCUT2D eigenvalue weighted by molar-refractivity contribution is 9.10. The van der Waals surface area contributed by atoms with E-state index in [2.05, 4.69) is 20.7 Å². The number of phenolic OH excluding ortho intramolecular Hbond substituents is 1. The molecule has 1 rings (SSSR count). The van der Waals surface area contributed by atoms with Crippen molar-refractivity contribution >= 4 is 21.9 Å². The Kier molecular flexibility index (Phi) is 4.64. The van der Waals surface area contributed by atoms with Crippen LogP contribution in [0, 0.1) is 0 Å². The van der Waals surface area contributed by atoms with E-state index in [-0.39, 0.29) is 22.4 Å². The summed E-state index contributed by atoms with van der Waals surface area (Å²) in [6, 6.07) is 1.84. The van der Waals surface area contributed by atoms with Crippen molar-refractivity contribution in [2.45, 2.75) is 18.9 Å². The second-order valence-electron chi connectivity index (χ2n) is 3.53. The fourth-order valence-electron chi connectivity index (χ4n) is 1.32. The molecule has 0 unspecified atom stereocenters. The zero-order valence-electron chi connectivity index (χ0n) is 9.49. The molecule has 0 spiro atoms. The van der Waals surface area contributed by atoms with Gasteiger partial charge in [0.25, 0.3) is 0 Å². The number of aromatic hydroxyl groups is 1. The number of benzene rings is 1. The van der Waals surface area contributed by atoms with Crippen molar-refractivity contribution in [3.05, 3.63) is 28.2 Å². The van der Waals surface area contributed by atoms with Crippen molar-refractivity contribution < 1.29 is 23.4 Å². The third kappa shape index (κ3) is 2.97. The standard InChI is InChI=1S/C11H12BrF2NO3/c1-2-18-10(17)11(13,14)9(15)7-5-6(16)3-4-8(7)12/h3-5,9,16H,2,15H2,1H3/t9-/m1/s1. The molecule has 100 valence electrons. The molecule has 18 heavy (non-hydrogen) atoms. The van der Waals surface area contributed by atoms with E-state index in [9.17, 15) is 18.7 Å². The number of rotatable bonds is 4. The Bertz CT molecular complexity index is 454. The molecule has 0 aromatic heterocycles. The lowest BCUT2D eigenvalue weighted by Gasteiger charge is -2.22. The SMILES string of the molecule is CCOC(=O)C(F)(F)[C@H](N)c1cc(O)ccc1Br. The monoisotopic (exact) mass is 323 g/mol. The normalized spacial score (nSPS) is 13.2. The number of phenols is 1. The van der Waals surface area contributed by atoms with E-state index >= 15 is 0 Å². The summed E-state index contributed by atoms with van der Waals surface area (Å²) in [6.45, 7) is 1.26. The number of nitrogens with two attached hydrogens (primary N) is 1. The summed E-state index contributed by atoms with van der Waals surface area (Å²) < 4.78 is 31.9. The van der Waals surface area contributed by atoms with E-state index in [0.29, 0.717) is 0 Å². The Labute approximate surface area is 111 Å². The first-order valence-corrected chi connectivity index (χ1v) is 5.89. The van der Waals surface area contributed by atoms with Crippen LogP contribution in [-0.2, 0) is 9.53 Å². The Hall–Kier alpha value is -1.21. The molecule has 1 atom stereocenters. The van der Waals surface area contributed by atoms with Crippen LogP contribution in [0.2, 0.25) is 0 Å². The van der Waals surface area contributed by atoms with Gasteiger partial charge in [-0.25, -0.2) is 4.79 Å². The molecule has 0 heterocycles. The summed E-state index contributed by atoms with van der Waals surface area (Å²) in [7, 11) is 0. The number of hydrogen-bond donors (Lipinski definition) is 2. The Morgan fingerprint density at radius 2 is 2.22 bits per heavy atom. The molecule has 0 fully saturated rings. The van der Waals surface area contributed by atoms with Crippen LogP contribution in [0.1, 0.15) is 18.5 Å². The van der Waals surface area contributed by atoms with E-state index in [0.717, 1.165) is 6.07 Å². The Morgan fingerprint density at radius 3 is 2.78 bits per heavy atom. The summed E-state index contributed by atoms with van der Waals surface area (Å²) >= 11 is 3.04. The van der Waals surface area contributed by atoms with Crippen LogP contribution in [-0.4, -0.2) is 23.6 Å². The molecule has 0 aliphatic rings. The van der Waals surface area contributed by atoms with Gasteiger partial charge in [0.1, 0.15) is 11.8 Å². The molecule has 7 heteroatoms. The van der Waals surface area contributed by atoms with Crippen LogP contribution in [0.4, 0.5) is 8.78 Å². The molecule has 0 aliphatic heterocycles. The van der Waals surface area contributed by atoms with Crippen molar-refractivity contribution in [3.63, 3.8) is 0 Å². The molecule has 1 aromatic carbocycles. The highest BCUT2D eigenvalue weighted by Crippen LogP contribution is 2.35. The molecule has 0 saturated carbocycles. The number of alkyl halides is 2. The maximum Gasteiger partial charge on any atom is 0.379 e. The first kappa shape index (κ1) is 14.8. The van der Waals surface area contributed by atoms with Gasteiger partial charge in [0.2, 0.25) is 0 Å². The lowest BCUT2D eigenvalue weighted by atomic mass is 10.0. The van der Waals surface area contributed by atoms with Gasteiger partial charge in [-0.15, -0.1) is 0 Å². The Balaban J connectivity index is 3.08. The number of carbonyl (C=O) groups excluding carboxylic acids is 1. The van der Waals surface area contributed by atoms with Crippen LogP contribution in [0.5, 0.6) is 5.75 Å². The largest absolute Gasteiger partial charge is 0.508 e. The fraction of sp³-hybridized carbons (Fsp3) is 0.364. The van der Waals surface area contributed by atoms with E-state index in [1.54, 1.807) is 0 Å². The summed E-state index contributed by atoms with van der Waals surface area (Å²) in [4.78, 5) is 11.1. The van der Waals surface area contributed by atoms with Crippen molar-refractivity contribution in [3.8, 4) is 5.75 Å². The summed E-state index contributed by atoms with van der Waals surface area (Å²) in [5.41, 5.74) is 5.31. The quantitative estimate of drug-likeness (QED) is 0.834. The maximum absolute atomic E-state index is 13.7. The Morgan fingerprint density at radius 1 is 1.61 bits per heavy atom. The van der Waals surface area contributed by atoms with E-state index in [1.165, 1.54) is 19.1 Å². The van der Waals surface area contributed by atoms with Crippen LogP contribution in [0.25, 0.3) is 0 Å². The summed E-state index contributed by atoms with van der Waals surface area (Å²) in [5.74, 6) is -5.78. The third-order valence-electron chi connectivity index (χ3n) is 2.25. The lowest BCUT2D eigenvalue weighted by molar-refractivity contribution is -0.174. The lowest BCUT2D eigenvalue weighted by Crippen LogP contribution is -2.41. The maximum atomic E-state index is 13.7. The highest BCUT2D eigenvalue weighted by atomic mass is 79.9. The first-order valence-electron chi connectivity index (χ1n) is 5.09. The molecule has 0 saturated heterocycles. The number of hydrogen-bond acceptors (Lipinski definition) is 4. The molecule has 4 nitrogen and oxygen atoms in total. The molecule has 0 aliphatic carbocycles. The van der Waals surface area contributed by atoms with Gasteiger partial charge in [-0.2, -0.15) is 8.78 Å². The summed E-state index contributed by atoms with van der Waals surface area (Å²) in [6.07, 6.45) is 0. The topological polar surface area (TPSA) is 72.5 Å². The van der Waals surface area contributed by atoms with Gasteiger partial charge in [-0.05, 0) is 30.7 Å². The second kappa shape index (κ2) is 5.62. The van der Waals surface area contributed by atoms with Gasteiger partial charge in [0.05, 0.1) is 6.61 Å². The van der Waals surface area contributed by atoms with Gasteiger partial charge in [-0.1, -0.05) is 15.9 Å². The molecular formula is C11H12BrF2NO3. The molecule has 3 N–H and O–H groups in total. The minimum atomic E-state index is -3.87. The van der Waals surface area contributed by atoms with E-state index in [4.69, 9.17) is 5.73 Å². The van der Waals surface area contributed by atoms with Crippen molar-refractivity contribution in [2.75, 3.05) is 6.61 Å². The van der Waals surface area contributed by atoms with Gasteiger partial charge < -0.3 is 15.6 Å². The van der Waals surface area contributed by atoms with Crippen LogP contribution in [0.15, 0.2) is 22.7 Å². The van der Waals surface area contributed by atoms with Crippen LogP contribution in [0.3, 0.4) is 0 Å². The number of carbonyl (C=O) groups is 1. The zero-order valence-corrected chi connectivity index (χ0v) is 11.1. The second-order valence-corrected chi connectivity index (χ2v) is 4.38. The first-order chi connectivity index (χ1) is 8.30. The predicted octanol–water partition coefficient (Wildman–Crippen LogP) is 2.35. The highest BCUT2D eigenvalue weighted by Gasteiger charge is 2.48. The fourth-order valence-corrected chi connectivity index (χ4v) is 1.81. The number of ether oxygens (including phenoxy) is 1. The van der Waals surface area contributed by atoms with Crippen molar-refractivity contribution in [1.82, 2.24) is 0 Å². The minimum Gasteiger partial charge on any atom is -0.508 e. The number of halogens is 3. The van der Waals surface area contributed by atoms with Crippen molar-refractivity contribution in [2.24, 2.45) is 5.73 Å². The average molecular weight is 324 g/mol. The smallest absolute Gasteiger partial charge is 0.379 e. The predicted molar refractivity (Wildman–Crippen MR) is 64.3 cm³/mol. The molecule has 0 bridgehead atoms. The van der Waals surface area contributed by atoms with Gasteiger partial charge in [0, 0.05) is 4.47 Å². The van der Waals surface area contributed by atoms with Crippen molar-refractivity contribution in [1.29, 1.82) is 0 Å². The van der Waals surface area contributed by atoms with Gasteiger partial charge in [-0.3, -0.25) is 0 Å². The van der Waals surface area contributed by atoms with E-state index in [1.807, 2.05) is 0 Å². The van der Waals surface area contributed by atoms with Crippen LogP contribution < -0.4 is 5.73 Å². The zero-order chi connectivity index (χ0) is 13.9. The molecule has 0 amide bonds. The van der Waals surface area contributed by atoms with Gasteiger partial charge >= 0.3 is 11.9 Å². The minimum absolute atomic E-state index is 0.0759. The average Bonchev–Trinajstić information content (AvgIpc) is 2.31. The van der Waals surface area contributed by atoms with Gasteiger partial charge in [0.15, 0.2) is 0 Å². The third-order valence-corrected chi connectivity index (χ3v) is 2.97. The molecule has 1 aromatic rings. The number of esters is 1. The summed E-state index contributed by atoms with van der Waals surface area (Å²) in [5, 5.41) is 9.26. The molecule has 0 radical (unpaired) electrons. The van der Waals surface area contributed by atoms with Crippen LogP contribution >= 0.6 is 15.9 Å².